The molecule has 6 heteroatoms. The highest BCUT2D eigenvalue weighted by Crippen LogP contribution is 2.40. The molecule has 0 saturated carbocycles. The van der Waals surface area contributed by atoms with E-state index in [-0.39, 0.29) is 5.82 Å². The second kappa shape index (κ2) is 9.92. The average molecular weight is 442 g/mol. The molecule has 0 atom stereocenters. The van der Waals surface area contributed by atoms with Gasteiger partial charge in [-0.1, -0.05) is 30.3 Å². The molecule has 1 N–H and O–H groups in total. The smallest absolute Gasteiger partial charge is 0.204 e. The molecule has 0 unspecified atom stereocenters. The van der Waals surface area contributed by atoms with E-state index >= 15 is 0 Å². The molecule has 1 aromatic heterocycles. The van der Waals surface area contributed by atoms with Crippen LogP contribution in [0.15, 0.2) is 82.9 Å². The van der Waals surface area contributed by atoms with Crippen molar-refractivity contribution in [3.63, 3.8) is 0 Å². The first-order valence-electron chi connectivity index (χ1n) is 10.4. The van der Waals surface area contributed by atoms with Gasteiger partial charge < -0.3 is 19.2 Å². The molecule has 3 aromatic carbocycles. The lowest BCUT2D eigenvalue weighted by molar-refractivity contribution is 0.352. The standard InChI is InChI=1S/C27H23FN2O3/c1-31-25-14-20(12-19(16-29)17-30-22-6-4-3-5-7-22)24-15-23(33-26(24)27(25)32-2)13-18-8-10-21(28)11-9-18/h3-11,14-15,17,30H,12-13H2,1-2H3/b19-17-. The SMILES string of the molecule is COc1cc(C/C(C#N)=C/Nc2ccccc2)c2cc(Cc3ccc(F)cc3)oc2c1OC. The van der Waals surface area contributed by atoms with E-state index in [1.54, 1.807) is 32.6 Å². The van der Waals surface area contributed by atoms with Gasteiger partial charge in [0.15, 0.2) is 11.3 Å². The maximum absolute atomic E-state index is 13.3. The second-order valence-electron chi connectivity index (χ2n) is 7.50. The van der Waals surface area contributed by atoms with E-state index < -0.39 is 0 Å². The zero-order valence-corrected chi connectivity index (χ0v) is 18.4. The van der Waals surface area contributed by atoms with Gasteiger partial charge in [0.2, 0.25) is 5.75 Å². The van der Waals surface area contributed by atoms with E-state index in [0.717, 1.165) is 22.2 Å². The molecule has 33 heavy (non-hydrogen) atoms. The number of anilines is 1. The summed E-state index contributed by atoms with van der Waals surface area (Å²) in [6, 6.07) is 22.0. The second-order valence-corrected chi connectivity index (χ2v) is 7.50. The zero-order valence-electron chi connectivity index (χ0n) is 18.4. The summed E-state index contributed by atoms with van der Waals surface area (Å²) in [5, 5.41) is 13.7. The van der Waals surface area contributed by atoms with Crippen LogP contribution in [0.2, 0.25) is 0 Å². The summed E-state index contributed by atoms with van der Waals surface area (Å²) in [5.74, 6) is 1.44. The number of hydrogen-bond acceptors (Lipinski definition) is 5. The predicted molar refractivity (Wildman–Crippen MR) is 126 cm³/mol. The monoisotopic (exact) mass is 442 g/mol. The van der Waals surface area contributed by atoms with Crippen LogP contribution in [0.3, 0.4) is 0 Å². The third-order valence-corrected chi connectivity index (χ3v) is 5.29. The molecular weight excluding hydrogens is 419 g/mol. The summed E-state index contributed by atoms with van der Waals surface area (Å²) < 4.78 is 30.5. The van der Waals surface area contributed by atoms with Gasteiger partial charge in [0.05, 0.1) is 20.3 Å². The van der Waals surface area contributed by atoms with Crippen molar-refractivity contribution >= 4 is 16.7 Å². The number of furan rings is 1. The van der Waals surface area contributed by atoms with E-state index in [4.69, 9.17) is 13.9 Å². The molecule has 0 aliphatic carbocycles. The minimum atomic E-state index is -0.281. The lowest BCUT2D eigenvalue weighted by Gasteiger charge is -2.11. The fraction of sp³-hybridized carbons (Fsp3) is 0.148. The van der Waals surface area contributed by atoms with Crippen LogP contribution in [-0.2, 0) is 12.8 Å². The van der Waals surface area contributed by atoms with Crippen LogP contribution < -0.4 is 14.8 Å². The molecule has 166 valence electrons. The van der Waals surface area contributed by atoms with Crippen molar-refractivity contribution in [1.29, 1.82) is 5.26 Å². The highest BCUT2D eigenvalue weighted by Gasteiger charge is 2.19. The van der Waals surface area contributed by atoms with Gasteiger partial charge in [-0.3, -0.25) is 0 Å². The Morgan fingerprint density at radius 2 is 1.82 bits per heavy atom. The van der Waals surface area contributed by atoms with E-state index in [1.807, 2.05) is 42.5 Å². The molecule has 0 amide bonds. The Labute approximate surface area is 191 Å². The number of nitriles is 1. The highest BCUT2D eigenvalue weighted by atomic mass is 19.1. The maximum atomic E-state index is 13.3. The third kappa shape index (κ3) is 4.99. The fourth-order valence-electron chi connectivity index (χ4n) is 3.68. The lowest BCUT2D eigenvalue weighted by atomic mass is 10.0. The first kappa shape index (κ1) is 22.0. The number of halogens is 1. The van der Waals surface area contributed by atoms with Crippen LogP contribution >= 0.6 is 0 Å². The van der Waals surface area contributed by atoms with Crippen molar-refractivity contribution in [2.75, 3.05) is 19.5 Å². The molecule has 0 spiro atoms. The quantitative estimate of drug-likeness (QED) is 0.327. The summed E-state index contributed by atoms with van der Waals surface area (Å²) in [4.78, 5) is 0. The zero-order chi connectivity index (χ0) is 23.2. The van der Waals surface area contributed by atoms with Gasteiger partial charge in [0.25, 0.3) is 0 Å². The fourth-order valence-corrected chi connectivity index (χ4v) is 3.68. The molecule has 4 aromatic rings. The van der Waals surface area contributed by atoms with Crippen molar-refractivity contribution in [2.45, 2.75) is 12.8 Å². The summed E-state index contributed by atoms with van der Waals surface area (Å²) in [7, 11) is 3.12. The van der Waals surface area contributed by atoms with Gasteiger partial charge in [-0.15, -0.1) is 0 Å². The average Bonchev–Trinajstić information content (AvgIpc) is 3.27. The van der Waals surface area contributed by atoms with Crippen molar-refractivity contribution in [3.05, 3.63) is 101 Å². The van der Waals surface area contributed by atoms with E-state index in [1.165, 1.54) is 12.1 Å². The van der Waals surface area contributed by atoms with Gasteiger partial charge in [0.1, 0.15) is 11.6 Å². The maximum Gasteiger partial charge on any atom is 0.204 e. The Morgan fingerprint density at radius 3 is 2.48 bits per heavy atom. The molecule has 0 saturated heterocycles. The molecule has 1 heterocycles. The summed E-state index contributed by atoms with van der Waals surface area (Å²) in [5.41, 5.74) is 3.80. The summed E-state index contributed by atoms with van der Waals surface area (Å²) in [6.45, 7) is 0. The Morgan fingerprint density at radius 1 is 1.06 bits per heavy atom. The van der Waals surface area contributed by atoms with Crippen LogP contribution in [0.1, 0.15) is 16.9 Å². The topological polar surface area (TPSA) is 67.4 Å². The molecule has 0 radical (unpaired) electrons. The lowest BCUT2D eigenvalue weighted by Crippen LogP contribution is -1.97. The van der Waals surface area contributed by atoms with E-state index in [2.05, 4.69) is 11.4 Å². The van der Waals surface area contributed by atoms with Gasteiger partial charge in [-0.25, -0.2) is 4.39 Å². The third-order valence-electron chi connectivity index (χ3n) is 5.29. The number of hydrogen-bond donors (Lipinski definition) is 1. The number of methoxy groups -OCH3 is 2. The molecule has 0 aliphatic rings. The first-order chi connectivity index (χ1) is 16.1. The molecular formula is C27H23FN2O3. The summed E-state index contributed by atoms with van der Waals surface area (Å²) in [6.07, 6.45) is 2.58. The minimum absolute atomic E-state index is 0.281. The van der Waals surface area contributed by atoms with Crippen molar-refractivity contribution in [1.82, 2.24) is 0 Å². The number of para-hydroxylation sites is 1. The highest BCUT2D eigenvalue weighted by molar-refractivity contribution is 5.90. The number of ether oxygens (including phenoxy) is 2. The number of allylic oxidation sites excluding steroid dienone is 1. The van der Waals surface area contributed by atoms with E-state index in [0.29, 0.717) is 41.3 Å². The van der Waals surface area contributed by atoms with Gasteiger partial charge in [-0.05, 0) is 47.5 Å². The molecule has 0 fully saturated rings. The Kier molecular flexibility index (Phi) is 6.61. The largest absolute Gasteiger partial charge is 0.493 e. The Hall–Kier alpha value is -4.24. The number of nitrogens with zero attached hydrogens (tertiary/aromatic N) is 1. The molecule has 5 nitrogen and oxygen atoms in total. The first-order valence-corrected chi connectivity index (χ1v) is 10.4. The number of benzene rings is 3. The Balaban J connectivity index is 1.71. The van der Waals surface area contributed by atoms with Crippen molar-refractivity contribution in [2.24, 2.45) is 0 Å². The molecule has 0 aliphatic heterocycles. The van der Waals surface area contributed by atoms with Crippen LogP contribution in [0, 0.1) is 17.1 Å². The van der Waals surface area contributed by atoms with Crippen molar-refractivity contribution < 1.29 is 18.3 Å². The van der Waals surface area contributed by atoms with Crippen LogP contribution in [0.5, 0.6) is 11.5 Å². The van der Waals surface area contributed by atoms with Gasteiger partial charge in [-0.2, -0.15) is 5.26 Å². The number of rotatable bonds is 8. The van der Waals surface area contributed by atoms with Gasteiger partial charge in [0, 0.05) is 35.7 Å². The summed E-state index contributed by atoms with van der Waals surface area (Å²) >= 11 is 0. The normalized spacial score (nSPS) is 11.3. The predicted octanol–water partition coefficient (Wildman–Crippen LogP) is 6.24. The van der Waals surface area contributed by atoms with Gasteiger partial charge >= 0.3 is 0 Å². The number of nitrogens with one attached hydrogen (secondary N) is 1. The van der Waals surface area contributed by atoms with Crippen LogP contribution in [0.4, 0.5) is 10.1 Å². The minimum Gasteiger partial charge on any atom is -0.493 e. The molecule has 0 bridgehead atoms. The molecule has 4 rings (SSSR count). The van der Waals surface area contributed by atoms with Crippen LogP contribution in [0.25, 0.3) is 11.0 Å². The van der Waals surface area contributed by atoms with E-state index in [9.17, 15) is 9.65 Å². The van der Waals surface area contributed by atoms with Crippen molar-refractivity contribution in [3.8, 4) is 17.6 Å². The van der Waals surface area contributed by atoms with Crippen LogP contribution in [-0.4, -0.2) is 14.2 Å². The number of fused-ring (bicyclic) bond motifs is 1. The Bertz CT molecular complexity index is 1320.